The maximum atomic E-state index is 13.1. The number of aryl methyl sites for hydroxylation is 1. The van der Waals surface area contributed by atoms with Crippen LogP contribution >= 0.6 is 0 Å². The first-order valence-electron chi connectivity index (χ1n) is 11.3. The average molecular weight is 491 g/mol. The highest BCUT2D eigenvalue weighted by Crippen LogP contribution is 2.32. The number of rotatable bonds is 8. The Hall–Kier alpha value is -3.91. The molecule has 0 spiro atoms. The summed E-state index contributed by atoms with van der Waals surface area (Å²) in [5.41, 5.74) is 4.14. The largest absolute Gasteiger partial charge is 0.452 e. The van der Waals surface area contributed by atoms with Crippen LogP contribution in [0.2, 0.25) is 0 Å². The predicted octanol–water partition coefficient (Wildman–Crippen LogP) is 4.20. The Morgan fingerprint density at radius 1 is 1.00 bits per heavy atom. The molecule has 0 saturated carbocycles. The number of para-hydroxylation sites is 1. The van der Waals surface area contributed by atoms with E-state index in [1.807, 2.05) is 43.3 Å². The monoisotopic (exact) mass is 490 g/mol. The van der Waals surface area contributed by atoms with E-state index < -0.39 is 28.5 Å². The molecule has 0 aliphatic carbocycles. The van der Waals surface area contributed by atoms with Crippen LogP contribution in [0.5, 0.6) is 0 Å². The first-order valence-corrected chi connectivity index (χ1v) is 12.7. The first-order chi connectivity index (χ1) is 16.9. The Balaban J connectivity index is 1.31. The molecule has 35 heavy (non-hydrogen) atoms. The number of anilines is 2. The molecular formula is C27H26N2O5S. The lowest BCUT2D eigenvalue weighted by Crippen LogP contribution is -2.29. The smallest absolute Gasteiger partial charge is 0.331 e. The highest BCUT2D eigenvalue weighted by molar-refractivity contribution is 7.92. The normalized spacial score (nSPS) is 13.0. The highest BCUT2D eigenvalue weighted by Gasteiger charge is 2.30. The van der Waals surface area contributed by atoms with Gasteiger partial charge in [0.15, 0.2) is 6.61 Å². The summed E-state index contributed by atoms with van der Waals surface area (Å²) in [5, 5.41) is 2.67. The molecular weight excluding hydrogens is 464 g/mol. The van der Waals surface area contributed by atoms with Crippen LogP contribution in [0.4, 0.5) is 11.4 Å². The molecule has 1 N–H and O–H groups in total. The number of carbonyl (C=O) groups excluding carboxylic acids is 2. The molecule has 7 nitrogen and oxygen atoms in total. The Kier molecular flexibility index (Phi) is 7.31. The standard InChI is InChI=1S/C27H26N2O5S/c1-2-20-7-12-23(13-8-20)28-26(30)19-34-27(31)16-11-21-9-14-24(15-10-21)35(32,33)29-18-17-22-5-3-4-6-25(22)29/h3-16H,2,17-19H2,1H3,(H,28,30)/b16-11+. The van der Waals surface area contributed by atoms with Crippen LogP contribution in [-0.2, 0) is 37.2 Å². The van der Waals surface area contributed by atoms with Gasteiger partial charge in [-0.15, -0.1) is 0 Å². The number of nitrogens with zero attached hydrogens (tertiary/aromatic N) is 1. The summed E-state index contributed by atoms with van der Waals surface area (Å²) in [6.45, 7) is 2.05. The van der Waals surface area contributed by atoms with Gasteiger partial charge in [-0.25, -0.2) is 13.2 Å². The number of fused-ring (bicyclic) bond motifs is 1. The van der Waals surface area contributed by atoms with E-state index in [9.17, 15) is 18.0 Å². The fourth-order valence-electron chi connectivity index (χ4n) is 3.81. The van der Waals surface area contributed by atoms with Crippen LogP contribution < -0.4 is 9.62 Å². The maximum absolute atomic E-state index is 13.1. The minimum Gasteiger partial charge on any atom is -0.452 e. The van der Waals surface area contributed by atoms with Gasteiger partial charge in [-0.2, -0.15) is 0 Å². The number of ether oxygens (including phenoxy) is 1. The average Bonchev–Trinajstić information content (AvgIpc) is 3.32. The van der Waals surface area contributed by atoms with Crippen molar-refractivity contribution in [3.8, 4) is 0 Å². The molecule has 3 aromatic carbocycles. The van der Waals surface area contributed by atoms with Crippen LogP contribution in [0.3, 0.4) is 0 Å². The molecule has 1 aliphatic rings. The van der Waals surface area contributed by atoms with Crippen LogP contribution in [0.25, 0.3) is 6.08 Å². The quantitative estimate of drug-likeness (QED) is 0.377. The second-order valence-electron chi connectivity index (χ2n) is 8.06. The van der Waals surface area contributed by atoms with Gasteiger partial charge in [0.25, 0.3) is 15.9 Å². The van der Waals surface area contributed by atoms with Crippen molar-refractivity contribution in [2.75, 3.05) is 22.8 Å². The molecule has 0 aromatic heterocycles. The van der Waals surface area contributed by atoms with Gasteiger partial charge in [0.2, 0.25) is 0 Å². The molecule has 0 fully saturated rings. The lowest BCUT2D eigenvalue weighted by molar-refractivity contribution is -0.142. The molecule has 1 amide bonds. The SMILES string of the molecule is CCc1ccc(NC(=O)COC(=O)/C=C/c2ccc(S(=O)(=O)N3CCc4ccccc43)cc2)cc1. The second-order valence-corrected chi connectivity index (χ2v) is 9.93. The fraction of sp³-hybridized carbons (Fsp3) is 0.185. The summed E-state index contributed by atoms with van der Waals surface area (Å²) in [6, 6.07) is 21.2. The highest BCUT2D eigenvalue weighted by atomic mass is 32.2. The van der Waals surface area contributed by atoms with E-state index in [4.69, 9.17) is 4.74 Å². The summed E-state index contributed by atoms with van der Waals surface area (Å²) in [4.78, 5) is 24.2. The van der Waals surface area contributed by atoms with Crippen molar-refractivity contribution in [2.24, 2.45) is 0 Å². The van der Waals surface area contributed by atoms with Gasteiger partial charge in [0.05, 0.1) is 10.6 Å². The van der Waals surface area contributed by atoms with Crippen molar-refractivity contribution in [3.05, 3.63) is 95.6 Å². The fourth-order valence-corrected chi connectivity index (χ4v) is 5.31. The van der Waals surface area contributed by atoms with Crippen LogP contribution in [-0.4, -0.2) is 33.4 Å². The van der Waals surface area contributed by atoms with Gasteiger partial charge >= 0.3 is 5.97 Å². The Morgan fingerprint density at radius 3 is 2.43 bits per heavy atom. The van der Waals surface area contributed by atoms with Gasteiger partial charge in [0, 0.05) is 18.3 Å². The number of nitrogens with one attached hydrogen (secondary N) is 1. The van der Waals surface area contributed by atoms with Crippen molar-refractivity contribution < 1.29 is 22.7 Å². The molecule has 180 valence electrons. The third kappa shape index (κ3) is 5.78. The zero-order valence-corrected chi connectivity index (χ0v) is 20.1. The number of amides is 1. The Bertz CT molecular complexity index is 1350. The Morgan fingerprint density at radius 2 is 1.71 bits per heavy atom. The predicted molar refractivity (Wildman–Crippen MR) is 136 cm³/mol. The van der Waals surface area contributed by atoms with E-state index in [1.165, 1.54) is 28.6 Å². The Labute approximate surface area is 205 Å². The third-order valence-corrected chi connectivity index (χ3v) is 7.54. The summed E-state index contributed by atoms with van der Waals surface area (Å²) in [5.74, 6) is -1.11. The van der Waals surface area contributed by atoms with E-state index in [0.29, 0.717) is 29.9 Å². The number of benzene rings is 3. The maximum Gasteiger partial charge on any atom is 0.331 e. The lowest BCUT2D eigenvalue weighted by Gasteiger charge is -2.19. The molecule has 0 atom stereocenters. The molecule has 0 radical (unpaired) electrons. The van der Waals surface area contributed by atoms with E-state index in [0.717, 1.165) is 17.5 Å². The van der Waals surface area contributed by atoms with Crippen molar-refractivity contribution >= 4 is 39.4 Å². The van der Waals surface area contributed by atoms with Crippen molar-refractivity contribution in [1.82, 2.24) is 0 Å². The summed E-state index contributed by atoms with van der Waals surface area (Å²) in [7, 11) is -3.68. The third-order valence-electron chi connectivity index (χ3n) is 5.72. The van der Waals surface area contributed by atoms with E-state index in [2.05, 4.69) is 5.32 Å². The van der Waals surface area contributed by atoms with Crippen LogP contribution in [0.1, 0.15) is 23.6 Å². The molecule has 1 heterocycles. The molecule has 4 rings (SSSR count). The number of carbonyl (C=O) groups is 2. The van der Waals surface area contributed by atoms with Crippen LogP contribution in [0.15, 0.2) is 83.8 Å². The zero-order chi connectivity index (χ0) is 24.8. The van der Waals surface area contributed by atoms with Crippen molar-refractivity contribution in [2.45, 2.75) is 24.7 Å². The second kappa shape index (κ2) is 10.6. The summed E-state index contributed by atoms with van der Waals surface area (Å²) in [6.07, 6.45) is 4.29. The van der Waals surface area contributed by atoms with Gasteiger partial charge in [0.1, 0.15) is 0 Å². The lowest BCUT2D eigenvalue weighted by atomic mass is 10.1. The topological polar surface area (TPSA) is 92.8 Å². The van der Waals surface area contributed by atoms with Crippen molar-refractivity contribution in [1.29, 1.82) is 0 Å². The van der Waals surface area contributed by atoms with E-state index in [1.54, 1.807) is 24.3 Å². The summed E-state index contributed by atoms with van der Waals surface area (Å²) >= 11 is 0. The number of sulfonamides is 1. The minimum atomic E-state index is -3.68. The minimum absolute atomic E-state index is 0.178. The number of hydrogen-bond donors (Lipinski definition) is 1. The van der Waals surface area contributed by atoms with Crippen molar-refractivity contribution in [3.63, 3.8) is 0 Å². The van der Waals surface area contributed by atoms with Gasteiger partial charge in [-0.1, -0.05) is 49.4 Å². The van der Waals surface area contributed by atoms with Gasteiger partial charge < -0.3 is 10.1 Å². The molecule has 3 aromatic rings. The van der Waals surface area contributed by atoms with E-state index >= 15 is 0 Å². The summed E-state index contributed by atoms with van der Waals surface area (Å²) < 4.78 is 32.6. The molecule has 0 unspecified atom stereocenters. The number of esters is 1. The van der Waals surface area contributed by atoms with Gasteiger partial charge in [-0.3, -0.25) is 9.10 Å². The number of hydrogen-bond acceptors (Lipinski definition) is 5. The zero-order valence-electron chi connectivity index (χ0n) is 19.3. The van der Waals surface area contributed by atoms with Crippen LogP contribution in [0, 0.1) is 0 Å². The molecule has 1 aliphatic heterocycles. The van der Waals surface area contributed by atoms with E-state index in [-0.39, 0.29) is 4.90 Å². The molecule has 8 heteroatoms. The first kappa shape index (κ1) is 24.2. The van der Waals surface area contributed by atoms with Gasteiger partial charge in [-0.05, 0) is 65.9 Å². The molecule has 0 bridgehead atoms. The molecule has 0 saturated heterocycles.